The monoisotopic (exact) mass is 149 g/mol. The second kappa shape index (κ2) is 3.59. The Balaban J connectivity index is 2.52. The molecule has 1 heterocycles. The summed E-state index contributed by atoms with van der Waals surface area (Å²) < 4.78 is 0. The van der Waals surface area contributed by atoms with Crippen LogP contribution < -0.4 is 0 Å². The van der Waals surface area contributed by atoms with E-state index in [1.54, 1.807) is 0 Å². The summed E-state index contributed by atoms with van der Waals surface area (Å²) in [5, 5.41) is 0. The van der Waals surface area contributed by atoms with Crippen LogP contribution in [0.15, 0.2) is 12.2 Å². The molecule has 0 saturated carbocycles. The summed E-state index contributed by atoms with van der Waals surface area (Å²) in [7, 11) is 0. The van der Waals surface area contributed by atoms with Crippen molar-refractivity contribution in [3.05, 3.63) is 12.2 Å². The van der Waals surface area contributed by atoms with Gasteiger partial charge in [0, 0.05) is 6.04 Å². The van der Waals surface area contributed by atoms with Crippen LogP contribution in [0.5, 0.6) is 0 Å². The van der Waals surface area contributed by atoms with Crippen LogP contribution >= 0.6 is 0 Å². The fraction of sp³-hybridized carbons (Fsp3) is 0.600. The molecule has 11 heavy (non-hydrogen) atoms. The first-order chi connectivity index (χ1) is 5.25. The molecule has 1 aliphatic rings. The Bertz CT molecular complexity index is 188. The molecule has 0 N–H and O–H groups in total. The highest BCUT2D eigenvalue weighted by molar-refractivity contribution is 5.07. The zero-order valence-corrected chi connectivity index (χ0v) is 7.14. The van der Waals surface area contributed by atoms with Crippen molar-refractivity contribution in [3.63, 3.8) is 0 Å². The van der Waals surface area contributed by atoms with Crippen LogP contribution in [0, 0.1) is 12.3 Å². The maximum absolute atomic E-state index is 5.25. The maximum atomic E-state index is 5.25. The first kappa shape index (κ1) is 8.36. The van der Waals surface area contributed by atoms with Gasteiger partial charge < -0.3 is 0 Å². The van der Waals surface area contributed by atoms with E-state index in [1.165, 1.54) is 18.4 Å². The van der Waals surface area contributed by atoms with E-state index in [0.29, 0.717) is 6.04 Å². The van der Waals surface area contributed by atoms with E-state index in [-0.39, 0.29) is 0 Å². The molecule has 1 saturated heterocycles. The van der Waals surface area contributed by atoms with Crippen molar-refractivity contribution in [1.82, 2.24) is 4.90 Å². The molecular weight excluding hydrogens is 134 g/mol. The van der Waals surface area contributed by atoms with Gasteiger partial charge in [0.25, 0.3) is 0 Å². The minimum Gasteiger partial charge on any atom is -0.286 e. The summed E-state index contributed by atoms with van der Waals surface area (Å²) >= 11 is 0. The molecule has 1 unspecified atom stereocenters. The Kier molecular flexibility index (Phi) is 2.73. The predicted molar refractivity (Wildman–Crippen MR) is 48.2 cm³/mol. The zero-order chi connectivity index (χ0) is 8.27. The molecule has 0 aromatic rings. The molecule has 1 fully saturated rings. The number of hydrogen-bond acceptors (Lipinski definition) is 1. The van der Waals surface area contributed by atoms with Crippen molar-refractivity contribution in [2.24, 2.45) is 0 Å². The van der Waals surface area contributed by atoms with Gasteiger partial charge in [-0.2, -0.15) is 0 Å². The highest BCUT2D eigenvalue weighted by atomic mass is 15.2. The number of likely N-dealkylation sites (tertiary alicyclic amines) is 1. The minimum atomic E-state index is 0.547. The fourth-order valence-electron chi connectivity index (χ4n) is 1.69. The maximum Gasteiger partial charge on any atom is 0.0604 e. The molecule has 0 aromatic heterocycles. The van der Waals surface area contributed by atoms with Gasteiger partial charge in [-0.15, -0.1) is 6.42 Å². The first-order valence-electron chi connectivity index (χ1n) is 4.08. The van der Waals surface area contributed by atoms with Gasteiger partial charge >= 0.3 is 0 Å². The number of nitrogens with zero attached hydrogens (tertiary/aromatic N) is 1. The third-order valence-electron chi connectivity index (χ3n) is 2.23. The molecule has 1 heteroatoms. The molecule has 1 atom stereocenters. The van der Waals surface area contributed by atoms with Crippen LogP contribution in [0.2, 0.25) is 0 Å². The van der Waals surface area contributed by atoms with Gasteiger partial charge in [-0.3, -0.25) is 4.90 Å². The molecule has 0 amide bonds. The van der Waals surface area contributed by atoms with Crippen molar-refractivity contribution in [2.75, 3.05) is 13.1 Å². The molecule has 0 aliphatic carbocycles. The lowest BCUT2D eigenvalue weighted by atomic mass is 10.1. The average Bonchev–Trinajstić information content (AvgIpc) is 2.36. The van der Waals surface area contributed by atoms with Crippen LogP contribution in [0.25, 0.3) is 0 Å². The molecule has 1 rings (SSSR count). The van der Waals surface area contributed by atoms with Gasteiger partial charge in [0.2, 0.25) is 0 Å². The summed E-state index contributed by atoms with van der Waals surface area (Å²) in [6.07, 6.45) is 7.75. The van der Waals surface area contributed by atoms with E-state index in [4.69, 9.17) is 6.42 Å². The summed E-state index contributed by atoms with van der Waals surface area (Å²) in [5.41, 5.74) is 1.25. The normalized spacial score (nSPS) is 24.9. The fourth-order valence-corrected chi connectivity index (χ4v) is 1.69. The van der Waals surface area contributed by atoms with E-state index in [2.05, 4.69) is 24.3 Å². The Morgan fingerprint density at radius 1 is 1.82 bits per heavy atom. The smallest absolute Gasteiger partial charge is 0.0604 e. The lowest BCUT2D eigenvalue weighted by molar-refractivity contribution is 0.316. The van der Waals surface area contributed by atoms with Gasteiger partial charge in [-0.05, 0) is 26.3 Å². The summed E-state index contributed by atoms with van der Waals surface area (Å²) in [4.78, 5) is 2.32. The van der Waals surface area contributed by atoms with Gasteiger partial charge in [-0.25, -0.2) is 0 Å². The van der Waals surface area contributed by atoms with Crippen LogP contribution in [-0.4, -0.2) is 24.0 Å². The Morgan fingerprint density at radius 3 is 3.09 bits per heavy atom. The van der Waals surface area contributed by atoms with Crippen molar-refractivity contribution in [2.45, 2.75) is 25.8 Å². The van der Waals surface area contributed by atoms with E-state index in [9.17, 15) is 0 Å². The lowest BCUT2D eigenvalue weighted by Crippen LogP contribution is -2.30. The van der Waals surface area contributed by atoms with E-state index in [1.807, 2.05) is 0 Å². The first-order valence-corrected chi connectivity index (χ1v) is 4.08. The predicted octanol–water partition coefficient (Wildman–Crippen LogP) is 1.66. The SMILES string of the molecule is C#CCN1CCCC1C(=C)C. The van der Waals surface area contributed by atoms with Crippen LogP contribution in [0.4, 0.5) is 0 Å². The Hall–Kier alpha value is -0.740. The number of rotatable bonds is 2. The van der Waals surface area contributed by atoms with Crippen LogP contribution in [0.3, 0.4) is 0 Å². The summed E-state index contributed by atoms with van der Waals surface area (Å²) in [5.74, 6) is 2.68. The van der Waals surface area contributed by atoms with E-state index >= 15 is 0 Å². The number of terminal acetylenes is 1. The van der Waals surface area contributed by atoms with E-state index in [0.717, 1.165) is 13.1 Å². The standard InChI is InChI=1S/C10H15N/c1-4-7-11-8-5-6-10(11)9(2)3/h1,10H,2,5-8H2,3H3. The highest BCUT2D eigenvalue weighted by Crippen LogP contribution is 2.21. The Morgan fingerprint density at radius 2 is 2.55 bits per heavy atom. The van der Waals surface area contributed by atoms with E-state index < -0.39 is 0 Å². The van der Waals surface area contributed by atoms with Crippen molar-refractivity contribution >= 4 is 0 Å². The topological polar surface area (TPSA) is 3.24 Å². The molecule has 0 radical (unpaired) electrons. The zero-order valence-electron chi connectivity index (χ0n) is 7.14. The lowest BCUT2D eigenvalue weighted by Gasteiger charge is -2.21. The summed E-state index contributed by atoms with van der Waals surface area (Å²) in [6.45, 7) is 7.96. The summed E-state index contributed by atoms with van der Waals surface area (Å²) in [6, 6.07) is 0.547. The molecular formula is C10H15N. The highest BCUT2D eigenvalue weighted by Gasteiger charge is 2.23. The van der Waals surface area contributed by atoms with Gasteiger partial charge in [-0.1, -0.05) is 18.1 Å². The quantitative estimate of drug-likeness (QED) is 0.426. The molecule has 1 aliphatic heterocycles. The third kappa shape index (κ3) is 1.85. The second-order valence-electron chi connectivity index (χ2n) is 3.18. The molecule has 0 bridgehead atoms. The molecule has 60 valence electrons. The van der Waals surface area contributed by atoms with Crippen LogP contribution in [-0.2, 0) is 0 Å². The molecule has 0 aromatic carbocycles. The molecule has 1 nitrogen and oxygen atoms in total. The average molecular weight is 149 g/mol. The largest absolute Gasteiger partial charge is 0.286 e. The molecule has 0 spiro atoms. The van der Waals surface area contributed by atoms with Crippen molar-refractivity contribution in [3.8, 4) is 12.3 Å². The Labute approximate surface area is 69.1 Å². The third-order valence-corrected chi connectivity index (χ3v) is 2.23. The second-order valence-corrected chi connectivity index (χ2v) is 3.18. The van der Waals surface area contributed by atoms with Gasteiger partial charge in [0.05, 0.1) is 6.54 Å². The minimum absolute atomic E-state index is 0.547. The van der Waals surface area contributed by atoms with Crippen LogP contribution in [0.1, 0.15) is 19.8 Å². The van der Waals surface area contributed by atoms with Gasteiger partial charge in [0.1, 0.15) is 0 Å². The number of hydrogen-bond donors (Lipinski definition) is 0. The van der Waals surface area contributed by atoms with Gasteiger partial charge in [0.15, 0.2) is 0 Å². The van der Waals surface area contributed by atoms with Crippen molar-refractivity contribution < 1.29 is 0 Å². The van der Waals surface area contributed by atoms with Crippen molar-refractivity contribution in [1.29, 1.82) is 0 Å².